The maximum atomic E-state index is 12.1. The minimum atomic E-state index is -1.00. The molecule has 1 aromatic carbocycles. The number of rotatable bonds is 4. The van der Waals surface area contributed by atoms with Crippen molar-refractivity contribution in [2.75, 3.05) is 5.32 Å². The summed E-state index contributed by atoms with van der Waals surface area (Å²) >= 11 is 1.49. The largest absolute Gasteiger partial charge is 0.479 e. The van der Waals surface area contributed by atoms with Crippen LogP contribution < -0.4 is 5.32 Å². The van der Waals surface area contributed by atoms with E-state index in [2.05, 4.69) is 27.1 Å². The molecule has 0 aliphatic carbocycles. The summed E-state index contributed by atoms with van der Waals surface area (Å²) in [6.07, 6.45) is 1.42. The van der Waals surface area contributed by atoms with E-state index < -0.39 is 12.0 Å². The van der Waals surface area contributed by atoms with Crippen molar-refractivity contribution < 1.29 is 14.7 Å². The number of nitrogens with zero attached hydrogens (tertiary/aromatic N) is 3. The summed E-state index contributed by atoms with van der Waals surface area (Å²) < 4.78 is 0. The number of fused-ring (bicyclic) bond motifs is 3. The number of hydrogen-bond donors (Lipinski definition) is 2. The molecule has 0 saturated heterocycles. The molecule has 3 heterocycles. The molecule has 7 nitrogen and oxygen atoms in total. The standard InChI is InChI=1S/C20H16N4O3S/c1-2-6-15(25)24-9-13-14(10-24)28-19-16(13)18(21-11-22-19)23-17(20(26)27)12-7-4-3-5-8-12/h3-5,7-8,11,17H,9-10H2,1H3,(H,26,27)(H,21,22,23)/t17-/m0/s1. The number of anilines is 1. The number of thiophene rings is 1. The highest BCUT2D eigenvalue weighted by Gasteiger charge is 2.30. The fraction of sp³-hybridized carbons (Fsp3) is 0.200. The van der Waals surface area contributed by atoms with Crippen LogP contribution in [0.3, 0.4) is 0 Å². The maximum Gasteiger partial charge on any atom is 0.330 e. The predicted octanol–water partition coefficient (Wildman–Crippen LogP) is 2.79. The first-order valence-corrected chi connectivity index (χ1v) is 9.41. The molecule has 0 unspecified atom stereocenters. The first-order valence-electron chi connectivity index (χ1n) is 8.59. The fourth-order valence-electron chi connectivity index (χ4n) is 3.26. The molecule has 0 saturated carbocycles. The van der Waals surface area contributed by atoms with E-state index in [0.717, 1.165) is 20.7 Å². The number of nitrogens with one attached hydrogen (secondary N) is 1. The van der Waals surface area contributed by atoms with Crippen LogP contribution in [0.4, 0.5) is 5.82 Å². The lowest BCUT2D eigenvalue weighted by Crippen LogP contribution is -2.23. The molecule has 1 aliphatic heterocycles. The van der Waals surface area contributed by atoms with Crippen LogP contribution in [0.5, 0.6) is 0 Å². The van der Waals surface area contributed by atoms with Crippen LogP contribution in [-0.4, -0.2) is 31.9 Å². The van der Waals surface area contributed by atoms with Crippen molar-refractivity contribution >= 4 is 39.2 Å². The second kappa shape index (κ2) is 7.29. The van der Waals surface area contributed by atoms with Gasteiger partial charge in [-0.15, -0.1) is 11.3 Å². The Labute approximate surface area is 165 Å². The summed E-state index contributed by atoms with van der Waals surface area (Å²) in [5.74, 6) is 4.42. The Morgan fingerprint density at radius 3 is 2.75 bits per heavy atom. The van der Waals surface area contributed by atoms with E-state index in [4.69, 9.17) is 0 Å². The number of amides is 1. The van der Waals surface area contributed by atoms with Gasteiger partial charge in [0.05, 0.1) is 11.9 Å². The van der Waals surface area contributed by atoms with E-state index in [-0.39, 0.29) is 5.91 Å². The number of carboxylic acid groups (broad SMARTS) is 1. The number of aromatic nitrogens is 2. The monoisotopic (exact) mass is 392 g/mol. The summed E-state index contributed by atoms with van der Waals surface area (Å²) in [5.41, 5.74) is 1.58. The third kappa shape index (κ3) is 3.17. The first kappa shape index (κ1) is 17.9. The average molecular weight is 392 g/mol. The molecule has 1 aliphatic rings. The van der Waals surface area contributed by atoms with Crippen LogP contribution in [0.2, 0.25) is 0 Å². The molecule has 1 atom stereocenters. The van der Waals surface area contributed by atoms with Gasteiger partial charge in [-0.2, -0.15) is 0 Å². The summed E-state index contributed by atoms with van der Waals surface area (Å²) in [4.78, 5) is 36.1. The molecule has 4 rings (SSSR count). The van der Waals surface area contributed by atoms with Crippen molar-refractivity contribution in [3.63, 3.8) is 0 Å². The molecular formula is C20H16N4O3S. The Morgan fingerprint density at radius 1 is 1.25 bits per heavy atom. The second-order valence-corrected chi connectivity index (χ2v) is 7.35. The summed E-state index contributed by atoms with van der Waals surface area (Å²) in [7, 11) is 0. The molecule has 2 N–H and O–H groups in total. The molecule has 2 aromatic heterocycles. The van der Waals surface area contributed by atoms with E-state index >= 15 is 0 Å². The quantitative estimate of drug-likeness (QED) is 0.663. The van der Waals surface area contributed by atoms with E-state index in [9.17, 15) is 14.7 Å². The van der Waals surface area contributed by atoms with Gasteiger partial charge in [0.25, 0.3) is 5.91 Å². The zero-order valence-corrected chi connectivity index (χ0v) is 15.8. The van der Waals surface area contributed by atoms with E-state index in [1.807, 2.05) is 6.07 Å². The van der Waals surface area contributed by atoms with E-state index in [0.29, 0.717) is 24.5 Å². The van der Waals surface area contributed by atoms with Crippen LogP contribution in [0.25, 0.3) is 10.2 Å². The number of aliphatic carboxylic acids is 1. The summed E-state index contributed by atoms with van der Waals surface area (Å²) in [6, 6.07) is 7.99. The van der Waals surface area contributed by atoms with Crippen molar-refractivity contribution in [2.45, 2.75) is 26.1 Å². The van der Waals surface area contributed by atoms with Crippen molar-refractivity contribution in [2.24, 2.45) is 0 Å². The van der Waals surface area contributed by atoms with Crippen LogP contribution in [-0.2, 0) is 22.7 Å². The van der Waals surface area contributed by atoms with Crippen LogP contribution in [0, 0.1) is 11.8 Å². The smallest absolute Gasteiger partial charge is 0.330 e. The predicted molar refractivity (Wildman–Crippen MR) is 106 cm³/mol. The third-order valence-corrected chi connectivity index (χ3v) is 5.66. The Balaban J connectivity index is 1.72. The average Bonchev–Trinajstić information content (AvgIpc) is 3.25. The second-order valence-electron chi connectivity index (χ2n) is 6.27. The highest BCUT2D eigenvalue weighted by Crippen LogP contribution is 2.40. The molecule has 0 spiro atoms. The lowest BCUT2D eigenvalue weighted by Gasteiger charge is -2.17. The highest BCUT2D eigenvalue weighted by molar-refractivity contribution is 7.19. The van der Waals surface area contributed by atoms with Gasteiger partial charge in [0.1, 0.15) is 17.0 Å². The Morgan fingerprint density at radius 2 is 2.04 bits per heavy atom. The number of benzene rings is 1. The summed E-state index contributed by atoms with van der Waals surface area (Å²) in [5, 5.41) is 13.5. The zero-order valence-electron chi connectivity index (χ0n) is 15.0. The lowest BCUT2D eigenvalue weighted by molar-refractivity contribution is -0.138. The molecule has 28 heavy (non-hydrogen) atoms. The van der Waals surface area contributed by atoms with Crippen molar-refractivity contribution in [3.05, 3.63) is 52.7 Å². The lowest BCUT2D eigenvalue weighted by atomic mass is 10.1. The maximum absolute atomic E-state index is 12.1. The van der Waals surface area contributed by atoms with Crippen LogP contribution in [0.15, 0.2) is 36.7 Å². The topological polar surface area (TPSA) is 95.4 Å². The van der Waals surface area contributed by atoms with E-state index in [1.54, 1.807) is 36.1 Å². The number of hydrogen-bond acceptors (Lipinski definition) is 6. The molecule has 3 aromatic rings. The van der Waals surface area contributed by atoms with Crippen molar-refractivity contribution in [1.29, 1.82) is 0 Å². The number of carboxylic acids is 1. The van der Waals surface area contributed by atoms with Crippen molar-refractivity contribution in [3.8, 4) is 11.8 Å². The van der Waals surface area contributed by atoms with Crippen molar-refractivity contribution in [1.82, 2.24) is 14.9 Å². The van der Waals surface area contributed by atoms with E-state index in [1.165, 1.54) is 17.7 Å². The molecule has 8 heteroatoms. The minimum Gasteiger partial charge on any atom is -0.479 e. The Hall–Kier alpha value is -3.44. The SMILES string of the molecule is CC#CC(=O)N1Cc2sc3ncnc(N[C@H](C(=O)O)c4ccccc4)c3c2C1. The zero-order chi connectivity index (χ0) is 19.7. The first-order chi connectivity index (χ1) is 13.6. The third-order valence-electron chi connectivity index (χ3n) is 4.53. The van der Waals surface area contributed by atoms with Gasteiger partial charge in [0.2, 0.25) is 0 Å². The number of carbonyl (C=O) groups excluding carboxylic acids is 1. The van der Waals surface area contributed by atoms with Crippen LogP contribution in [0.1, 0.15) is 29.0 Å². The molecule has 1 amide bonds. The van der Waals surface area contributed by atoms with Gasteiger partial charge in [-0.05, 0) is 18.4 Å². The molecular weight excluding hydrogens is 376 g/mol. The minimum absolute atomic E-state index is 0.224. The van der Waals surface area contributed by atoms with Gasteiger partial charge >= 0.3 is 5.97 Å². The molecule has 0 fully saturated rings. The molecule has 0 radical (unpaired) electrons. The summed E-state index contributed by atoms with van der Waals surface area (Å²) in [6.45, 7) is 2.52. The van der Waals surface area contributed by atoms with Gasteiger partial charge in [-0.1, -0.05) is 36.3 Å². The Kier molecular flexibility index (Phi) is 4.67. The Bertz CT molecular complexity index is 1130. The van der Waals surface area contributed by atoms with Gasteiger partial charge in [-0.3, -0.25) is 4.79 Å². The number of carbonyl (C=O) groups is 2. The van der Waals surface area contributed by atoms with Gasteiger partial charge in [-0.25, -0.2) is 14.8 Å². The van der Waals surface area contributed by atoms with Crippen LogP contribution >= 0.6 is 11.3 Å². The van der Waals surface area contributed by atoms with Gasteiger partial charge in [0, 0.05) is 17.0 Å². The highest BCUT2D eigenvalue weighted by atomic mass is 32.1. The molecule has 0 bridgehead atoms. The molecule has 140 valence electrons. The normalized spacial score (nSPS) is 13.5. The fourth-order valence-corrected chi connectivity index (χ4v) is 4.43. The van der Waals surface area contributed by atoms with Gasteiger partial charge in [0.15, 0.2) is 6.04 Å². The van der Waals surface area contributed by atoms with Gasteiger partial charge < -0.3 is 15.3 Å².